The van der Waals surface area contributed by atoms with Crippen LogP contribution in [0.2, 0.25) is 5.02 Å². The first-order valence-corrected chi connectivity index (χ1v) is 7.90. The summed E-state index contributed by atoms with van der Waals surface area (Å²) in [6.07, 6.45) is 0. The van der Waals surface area contributed by atoms with Gasteiger partial charge in [0.1, 0.15) is 5.69 Å². The van der Waals surface area contributed by atoms with Crippen molar-refractivity contribution in [3.63, 3.8) is 0 Å². The van der Waals surface area contributed by atoms with Crippen LogP contribution in [-0.2, 0) is 11.8 Å². The standard InChI is InChI=1S/C14H12Br2ClNO2/c1-3-20-14(19)12-11(15)10(13(16)18(12)2)8-4-6-9(17)7-5-8/h4-7H,3H2,1-2H3. The van der Waals surface area contributed by atoms with Crippen molar-refractivity contribution >= 4 is 49.4 Å². The number of aromatic nitrogens is 1. The van der Waals surface area contributed by atoms with E-state index >= 15 is 0 Å². The van der Waals surface area contributed by atoms with Gasteiger partial charge in [0.25, 0.3) is 0 Å². The summed E-state index contributed by atoms with van der Waals surface area (Å²) >= 11 is 12.9. The number of halogens is 3. The summed E-state index contributed by atoms with van der Waals surface area (Å²) < 4.78 is 8.34. The zero-order chi connectivity index (χ0) is 14.9. The Hall–Kier alpha value is -0.780. The van der Waals surface area contributed by atoms with Crippen LogP contribution >= 0.6 is 43.5 Å². The molecule has 0 fully saturated rings. The van der Waals surface area contributed by atoms with Crippen LogP contribution in [0.5, 0.6) is 0 Å². The maximum Gasteiger partial charge on any atom is 0.356 e. The van der Waals surface area contributed by atoms with Crippen LogP contribution in [0, 0.1) is 0 Å². The number of hydrogen-bond donors (Lipinski definition) is 0. The van der Waals surface area contributed by atoms with Crippen molar-refractivity contribution in [2.24, 2.45) is 7.05 Å². The molecule has 0 spiro atoms. The fraction of sp³-hybridized carbons (Fsp3) is 0.214. The highest BCUT2D eigenvalue weighted by atomic mass is 79.9. The van der Waals surface area contributed by atoms with Crippen LogP contribution in [-0.4, -0.2) is 17.1 Å². The summed E-state index contributed by atoms with van der Waals surface area (Å²) in [6.45, 7) is 2.12. The Labute approximate surface area is 139 Å². The Morgan fingerprint density at radius 2 is 1.90 bits per heavy atom. The molecule has 3 nitrogen and oxygen atoms in total. The van der Waals surface area contributed by atoms with Crippen LogP contribution < -0.4 is 0 Å². The van der Waals surface area contributed by atoms with Gasteiger partial charge in [-0.25, -0.2) is 4.79 Å². The van der Waals surface area contributed by atoms with Gasteiger partial charge in [0, 0.05) is 17.6 Å². The quantitative estimate of drug-likeness (QED) is 0.650. The van der Waals surface area contributed by atoms with E-state index in [9.17, 15) is 4.79 Å². The third-order valence-corrected chi connectivity index (χ3v) is 4.82. The molecule has 1 aromatic heterocycles. The number of carbonyl (C=O) groups excluding carboxylic acids is 1. The number of hydrogen-bond acceptors (Lipinski definition) is 2. The van der Waals surface area contributed by atoms with E-state index in [0.717, 1.165) is 15.7 Å². The molecule has 1 aromatic carbocycles. The Bertz CT molecular complexity index is 650. The summed E-state index contributed by atoms with van der Waals surface area (Å²) in [5.74, 6) is -0.359. The molecule has 0 unspecified atom stereocenters. The second-order valence-electron chi connectivity index (χ2n) is 4.11. The zero-order valence-corrected chi connectivity index (χ0v) is 14.8. The van der Waals surface area contributed by atoms with Gasteiger partial charge in [-0.2, -0.15) is 0 Å². The van der Waals surface area contributed by atoms with E-state index in [4.69, 9.17) is 16.3 Å². The van der Waals surface area contributed by atoms with Crippen LogP contribution in [0.1, 0.15) is 17.4 Å². The summed E-state index contributed by atoms with van der Waals surface area (Å²) in [4.78, 5) is 12.0. The minimum atomic E-state index is -0.359. The molecule has 0 aliphatic heterocycles. The van der Waals surface area contributed by atoms with Gasteiger partial charge in [-0.1, -0.05) is 23.7 Å². The molecular weight excluding hydrogens is 409 g/mol. The van der Waals surface area contributed by atoms with Crippen molar-refractivity contribution in [1.82, 2.24) is 4.57 Å². The predicted molar refractivity (Wildman–Crippen MR) is 87.2 cm³/mol. The predicted octanol–water partition coefficient (Wildman–Crippen LogP) is 5.05. The molecule has 1 heterocycles. The van der Waals surface area contributed by atoms with E-state index in [1.54, 1.807) is 18.5 Å². The van der Waals surface area contributed by atoms with Gasteiger partial charge in [0.2, 0.25) is 0 Å². The van der Waals surface area contributed by atoms with Crippen LogP contribution in [0.15, 0.2) is 33.3 Å². The third kappa shape index (κ3) is 2.80. The van der Waals surface area contributed by atoms with Gasteiger partial charge in [-0.3, -0.25) is 0 Å². The van der Waals surface area contributed by atoms with Crippen molar-refractivity contribution in [2.45, 2.75) is 6.92 Å². The topological polar surface area (TPSA) is 31.2 Å². The molecule has 0 aliphatic carbocycles. The lowest BCUT2D eigenvalue weighted by atomic mass is 10.1. The van der Waals surface area contributed by atoms with Crippen molar-refractivity contribution in [2.75, 3.05) is 6.61 Å². The fourth-order valence-corrected chi connectivity index (χ4v) is 3.75. The van der Waals surface area contributed by atoms with Crippen molar-refractivity contribution < 1.29 is 9.53 Å². The van der Waals surface area contributed by atoms with Crippen LogP contribution in [0.25, 0.3) is 11.1 Å². The van der Waals surface area contributed by atoms with Crippen molar-refractivity contribution in [3.05, 3.63) is 44.1 Å². The van der Waals surface area contributed by atoms with E-state index in [0.29, 0.717) is 21.8 Å². The molecule has 0 bridgehead atoms. The van der Waals surface area contributed by atoms with Gasteiger partial charge < -0.3 is 9.30 Å². The second-order valence-corrected chi connectivity index (χ2v) is 6.10. The average Bonchev–Trinajstić information content (AvgIpc) is 2.62. The van der Waals surface area contributed by atoms with Gasteiger partial charge in [-0.15, -0.1) is 0 Å². The number of nitrogens with zero attached hydrogens (tertiary/aromatic N) is 1. The van der Waals surface area contributed by atoms with Gasteiger partial charge >= 0.3 is 5.97 Å². The Morgan fingerprint density at radius 3 is 2.45 bits per heavy atom. The van der Waals surface area contributed by atoms with E-state index < -0.39 is 0 Å². The smallest absolute Gasteiger partial charge is 0.356 e. The highest BCUT2D eigenvalue weighted by molar-refractivity contribution is 9.11. The number of benzene rings is 1. The molecule has 0 aliphatic rings. The van der Waals surface area contributed by atoms with E-state index in [1.807, 2.05) is 24.3 Å². The van der Waals surface area contributed by atoms with E-state index in [1.165, 1.54) is 0 Å². The molecule has 106 valence electrons. The summed E-state index contributed by atoms with van der Waals surface area (Å²) in [5.41, 5.74) is 2.33. The maximum absolute atomic E-state index is 12.0. The lowest BCUT2D eigenvalue weighted by Gasteiger charge is -2.03. The molecule has 0 saturated carbocycles. The fourth-order valence-electron chi connectivity index (χ4n) is 1.91. The summed E-state index contributed by atoms with van der Waals surface area (Å²) in [7, 11) is 1.81. The van der Waals surface area contributed by atoms with Gasteiger partial charge in [0.15, 0.2) is 0 Å². The summed E-state index contributed by atoms with van der Waals surface area (Å²) in [5, 5.41) is 0.669. The number of rotatable bonds is 3. The lowest BCUT2D eigenvalue weighted by Crippen LogP contribution is -2.10. The van der Waals surface area contributed by atoms with Crippen LogP contribution in [0.3, 0.4) is 0 Å². The van der Waals surface area contributed by atoms with Gasteiger partial charge in [0.05, 0.1) is 15.7 Å². The third-order valence-electron chi connectivity index (χ3n) is 2.87. The molecule has 2 rings (SSSR count). The molecule has 20 heavy (non-hydrogen) atoms. The molecule has 0 amide bonds. The minimum absolute atomic E-state index is 0.338. The maximum atomic E-state index is 12.0. The van der Waals surface area contributed by atoms with Gasteiger partial charge in [-0.05, 0) is 56.5 Å². The number of esters is 1. The molecular formula is C14H12Br2ClNO2. The first-order valence-electron chi connectivity index (χ1n) is 5.94. The SMILES string of the molecule is CCOC(=O)c1c(Br)c(-c2ccc(Cl)cc2)c(Br)n1C. The molecule has 0 N–H and O–H groups in total. The Kier molecular flexibility index (Phi) is 4.94. The first kappa shape index (κ1) is 15.6. The second kappa shape index (κ2) is 6.33. The highest BCUT2D eigenvalue weighted by Crippen LogP contribution is 2.40. The van der Waals surface area contributed by atoms with E-state index in [2.05, 4.69) is 31.9 Å². The molecule has 6 heteroatoms. The zero-order valence-electron chi connectivity index (χ0n) is 10.9. The first-order chi connectivity index (χ1) is 9.47. The Morgan fingerprint density at radius 1 is 1.30 bits per heavy atom. The van der Waals surface area contributed by atoms with Crippen LogP contribution in [0.4, 0.5) is 0 Å². The summed E-state index contributed by atoms with van der Waals surface area (Å²) in [6, 6.07) is 7.43. The van der Waals surface area contributed by atoms with Crippen molar-refractivity contribution in [3.8, 4) is 11.1 Å². The molecule has 0 atom stereocenters. The average molecular weight is 422 g/mol. The molecule has 2 aromatic rings. The number of carbonyl (C=O) groups is 1. The monoisotopic (exact) mass is 419 g/mol. The van der Waals surface area contributed by atoms with E-state index in [-0.39, 0.29) is 5.97 Å². The number of ether oxygens (including phenoxy) is 1. The lowest BCUT2D eigenvalue weighted by molar-refractivity contribution is 0.0514. The van der Waals surface area contributed by atoms with Crippen molar-refractivity contribution in [1.29, 1.82) is 0 Å². The Balaban J connectivity index is 2.58. The highest BCUT2D eigenvalue weighted by Gasteiger charge is 2.24. The molecule has 0 saturated heterocycles. The largest absolute Gasteiger partial charge is 0.461 e. The minimum Gasteiger partial charge on any atom is -0.461 e. The molecule has 0 radical (unpaired) electrons. The normalized spacial score (nSPS) is 10.7.